The number of halogens is 1. The number of thiophene rings is 1. The van der Waals surface area contributed by atoms with Gasteiger partial charge < -0.3 is 20.4 Å². The van der Waals surface area contributed by atoms with Crippen molar-refractivity contribution in [2.75, 3.05) is 44.2 Å². The van der Waals surface area contributed by atoms with Crippen molar-refractivity contribution in [3.8, 4) is 0 Å². The zero-order valence-corrected chi connectivity index (χ0v) is 17.6. The molecule has 7 heteroatoms. The van der Waals surface area contributed by atoms with Gasteiger partial charge in [0, 0.05) is 37.6 Å². The van der Waals surface area contributed by atoms with Crippen molar-refractivity contribution in [1.29, 1.82) is 0 Å². The lowest BCUT2D eigenvalue weighted by molar-refractivity contribution is 0.270. The van der Waals surface area contributed by atoms with Gasteiger partial charge in [-0.2, -0.15) is 0 Å². The standard InChI is InChI=1S/C21H30FN5S/c1-3-23-21(25-16-18-6-5-13-28-18)24-15-17-7-8-20(19(22)14-17)27-11-9-26(4-2)10-12-27/h5-8,13-14H,3-4,9-12,15-16H2,1-2H3,(H2,23,24,25). The number of nitrogens with one attached hydrogen (secondary N) is 2. The highest BCUT2D eigenvalue weighted by molar-refractivity contribution is 7.09. The fourth-order valence-electron chi connectivity index (χ4n) is 3.31. The Morgan fingerprint density at radius 2 is 1.96 bits per heavy atom. The first-order chi connectivity index (χ1) is 13.7. The predicted octanol–water partition coefficient (Wildman–Crippen LogP) is 3.28. The van der Waals surface area contributed by atoms with Crippen molar-refractivity contribution < 1.29 is 4.39 Å². The molecule has 0 unspecified atom stereocenters. The van der Waals surface area contributed by atoms with Crippen LogP contribution in [0.15, 0.2) is 40.7 Å². The Hall–Kier alpha value is -2.12. The van der Waals surface area contributed by atoms with E-state index in [2.05, 4.69) is 43.8 Å². The second-order valence-corrected chi connectivity index (χ2v) is 7.87. The van der Waals surface area contributed by atoms with Crippen LogP contribution in [0.4, 0.5) is 10.1 Å². The van der Waals surface area contributed by atoms with Gasteiger partial charge in [-0.15, -0.1) is 11.3 Å². The Balaban J connectivity index is 1.59. The molecule has 0 radical (unpaired) electrons. The summed E-state index contributed by atoms with van der Waals surface area (Å²) in [5, 5.41) is 8.63. The van der Waals surface area contributed by atoms with E-state index in [4.69, 9.17) is 0 Å². The van der Waals surface area contributed by atoms with Gasteiger partial charge in [-0.05, 0) is 42.6 Å². The summed E-state index contributed by atoms with van der Waals surface area (Å²) < 4.78 is 14.7. The third-order valence-corrected chi connectivity index (χ3v) is 5.82. The van der Waals surface area contributed by atoms with Crippen LogP contribution in [0.25, 0.3) is 0 Å². The van der Waals surface area contributed by atoms with Crippen molar-refractivity contribution >= 4 is 23.0 Å². The Labute approximate surface area is 171 Å². The van der Waals surface area contributed by atoms with Gasteiger partial charge >= 0.3 is 0 Å². The number of rotatable bonds is 7. The summed E-state index contributed by atoms with van der Waals surface area (Å²) in [6, 6.07) is 9.63. The molecule has 1 aliphatic rings. The van der Waals surface area contributed by atoms with Crippen LogP contribution >= 0.6 is 11.3 Å². The van der Waals surface area contributed by atoms with Crippen molar-refractivity contribution in [3.63, 3.8) is 0 Å². The van der Waals surface area contributed by atoms with Crippen LogP contribution in [0.2, 0.25) is 0 Å². The van der Waals surface area contributed by atoms with Crippen molar-refractivity contribution in [2.45, 2.75) is 26.9 Å². The monoisotopic (exact) mass is 403 g/mol. The molecule has 1 aromatic carbocycles. The topological polar surface area (TPSA) is 42.9 Å². The van der Waals surface area contributed by atoms with Crippen molar-refractivity contribution in [3.05, 3.63) is 52.0 Å². The molecule has 3 rings (SSSR count). The van der Waals surface area contributed by atoms with Crippen molar-refractivity contribution in [2.24, 2.45) is 4.99 Å². The van der Waals surface area contributed by atoms with E-state index in [0.29, 0.717) is 12.2 Å². The predicted molar refractivity (Wildman–Crippen MR) is 117 cm³/mol. The Morgan fingerprint density at radius 3 is 2.61 bits per heavy atom. The van der Waals surface area contributed by atoms with Gasteiger partial charge in [-0.3, -0.25) is 0 Å². The van der Waals surface area contributed by atoms with Crippen LogP contribution in [-0.2, 0) is 13.1 Å². The van der Waals surface area contributed by atoms with Gasteiger partial charge in [0.2, 0.25) is 0 Å². The minimum atomic E-state index is -0.158. The molecule has 5 nitrogen and oxygen atoms in total. The lowest BCUT2D eigenvalue weighted by Gasteiger charge is -2.35. The minimum Gasteiger partial charge on any atom is -0.367 e. The quantitative estimate of drug-likeness (QED) is 0.550. The van der Waals surface area contributed by atoms with Gasteiger partial charge in [0.1, 0.15) is 5.82 Å². The Morgan fingerprint density at radius 1 is 1.14 bits per heavy atom. The zero-order valence-electron chi connectivity index (χ0n) is 16.7. The van der Waals surface area contributed by atoms with E-state index in [1.54, 1.807) is 17.4 Å². The molecule has 1 fully saturated rings. The largest absolute Gasteiger partial charge is 0.367 e. The smallest absolute Gasteiger partial charge is 0.191 e. The molecule has 0 amide bonds. The molecule has 2 aromatic rings. The molecule has 1 aromatic heterocycles. The number of hydrogen-bond donors (Lipinski definition) is 2. The fraction of sp³-hybridized carbons (Fsp3) is 0.476. The lowest BCUT2D eigenvalue weighted by atomic mass is 10.1. The maximum absolute atomic E-state index is 14.7. The molecule has 2 N–H and O–H groups in total. The zero-order chi connectivity index (χ0) is 19.8. The van der Waals surface area contributed by atoms with Crippen LogP contribution in [0.1, 0.15) is 24.3 Å². The van der Waals surface area contributed by atoms with Gasteiger partial charge in [0.25, 0.3) is 0 Å². The summed E-state index contributed by atoms with van der Waals surface area (Å²) in [7, 11) is 0. The maximum atomic E-state index is 14.7. The van der Waals surface area contributed by atoms with Crippen LogP contribution in [0.5, 0.6) is 0 Å². The highest BCUT2D eigenvalue weighted by Crippen LogP contribution is 2.22. The van der Waals surface area contributed by atoms with E-state index in [9.17, 15) is 4.39 Å². The Kier molecular flexibility index (Phi) is 7.68. The number of guanidine groups is 1. The van der Waals surface area contributed by atoms with E-state index in [1.807, 2.05) is 25.1 Å². The molecule has 0 atom stereocenters. The van der Waals surface area contributed by atoms with Crippen LogP contribution in [0.3, 0.4) is 0 Å². The fourth-order valence-corrected chi connectivity index (χ4v) is 3.95. The first kappa shape index (κ1) is 20.6. The van der Waals surface area contributed by atoms with E-state index < -0.39 is 0 Å². The normalized spacial score (nSPS) is 15.7. The van der Waals surface area contributed by atoms with E-state index >= 15 is 0 Å². The van der Waals surface area contributed by atoms with Crippen LogP contribution < -0.4 is 15.5 Å². The van der Waals surface area contributed by atoms with E-state index in [0.717, 1.165) is 57.3 Å². The first-order valence-corrected chi connectivity index (χ1v) is 10.9. The molecular formula is C21H30FN5S. The molecule has 0 spiro atoms. The second-order valence-electron chi connectivity index (χ2n) is 6.84. The van der Waals surface area contributed by atoms with Gasteiger partial charge in [0.05, 0.1) is 18.8 Å². The average molecular weight is 404 g/mol. The second kappa shape index (κ2) is 10.4. The summed E-state index contributed by atoms with van der Waals surface area (Å²) in [5.41, 5.74) is 1.58. The highest BCUT2D eigenvalue weighted by atomic mass is 32.1. The Bertz CT molecular complexity index is 754. The van der Waals surface area contributed by atoms with Crippen LogP contribution in [-0.4, -0.2) is 50.1 Å². The van der Waals surface area contributed by atoms with E-state index in [1.165, 1.54) is 4.88 Å². The highest BCUT2D eigenvalue weighted by Gasteiger charge is 2.18. The molecule has 0 aliphatic carbocycles. The third kappa shape index (κ3) is 5.69. The van der Waals surface area contributed by atoms with Gasteiger partial charge in [0.15, 0.2) is 5.96 Å². The molecular weight excluding hydrogens is 373 g/mol. The summed E-state index contributed by atoms with van der Waals surface area (Å²) in [4.78, 5) is 10.4. The third-order valence-electron chi connectivity index (χ3n) is 4.95. The molecule has 1 aliphatic heterocycles. The number of anilines is 1. The molecule has 0 saturated carbocycles. The van der Waals surface area contributed by atoms with Crippen molar-refractivity contribution in [1.82, 2.24) is 15.5 Å². The number of benzene rings is 1. The minimum absolute atomic E-state index is 0.158. The van der Waals surface area contributed by atoms with Crippen LogP contribution in [0, 0.1) is 5.82 Å². The number of piperazine rings is 1. The average Bonchev–Trinajstić information content (AvgIpc) is 3.24. The van der Waals surface area contributed by atoms with Gasteiger partial charge in [-0.1, -0.05) is 19.1 Å². The van der Waals surface area contributed by atoms with E-state index in [-0.39, 0.29) is 5.82 Å². The summed E-state index contributed by atoms with van der Waals surface area (Å²) >= 11 is 1.71. The molecule has 0 bridgehead atoms. The lowest BCUT2D eigenvalue weighted by Crippen LogP contribution is -2.46. The molecule has 28 heavy (non-hydrogen) atoms. The first-order valence-electron chi connectivity index (χ1n) is 10.00. The molecule has 152 valence electrons. The number of nitrogens with zero attached hydrogens (tertiary/aromatic N) is 3. The number of likely N-dealkylation sites (N-methyl/N-ethyl adjacent to an activating group) is 1. The summed E-state index contributed by atoms with van der Waals surface area (Å²) in [6.45, 7) is 11.0. The number of hydrogen-bond acceptors (Lipinski definition) is 4. The molecule has 2 heterocycles. The maximum Gasteiger partial charge on any atom is 0.191 e. The SMILES string of the molecule is CCNC(=NCc1ccc(N2CCN(CC)CC2)c(F)c1)NCc1cccs1. The number of aliphatic imine (C=N–C) groups is 1. The van der Waals surface area contributed by atoms with Gasteiger partial charge in [-0.25, -0.2) is 9.38 Å². The summed E-state index contributed by atoms with van der Waals surface area (Å²) in [6.07, 6.45) is 0. The summed E-state index contributed by atoms with van der Waals surface area (Å²) in [5.74, 6) is 0.588. The molecule has 1 saturated heterocycles.